The quantitative estimate of drug-likeness (QED) is 0.560. The van der Waals surface area contributed by atoms with Crippen LogP contribution in [-0.4, -0.2) is 29.3 Å². The molecule has 1 saturated heterocycles. The Kier molecular flexibility index (Phi) is 5.96. The Morgan fingerprint density at radius 2 is 1.58 bits per heavy atom. The molecule has 7 heteroatoms. The number of nitrogens with zero attached hydrogens (tertiary/aromatic N) is 1. The van der Waals surface area contributed by atoms with E-state index < -0.39 is 35.7 Å². The number of carbonyl (C=O) groups excluding carboxylic acids is 3. The molecule has 4 rings (SSSR count). The third-order valence-electron chi connectivity index (χ3n) is 5.89. The van der Waals surface area contributed by atoms with E-state index >= 15 is 0 Å². The molecule has 0 aliphatic carbocycles. The number of hydrogen-bond donors (Lipinski definition) is 2. The van der Waals surface area contributed by atoms with Crippen LogP contribution >= 0.6 is 0 Å². The van der Waals surface area contributed by atoms with Crippen LogP contribution in [0.5, 0.6) is 0 Å². The van der Waals surface area contributed by atoms with Gasteiger partial charge in [0.25, 0.3) is 5.91 Å². The van der Waals surface area contributed by atoms with Crippen molar-refractivity contribution in [2.75, 3.05) is 6.54 Å². The molecule has 0 unspecified atom stereocenters. The zero-order valence-corrected chi connectivity index (χ0v) is 18.3. The maximum atomic E-state index is 13.3. The Hall–Kier alpha value is -4.00. The molecule has 1 aliphatic rings. The van der Waals surface area contributed by atoms with Crippen LogP contribution in [0.3, 0.4) is 0 Å². The summed E-state index contributed by atoms with van der Waals surface area (Å²) in [6.45, 7) is 2.97. The number of nitrogens with one attached hydrogen (secondary N) is 2. The molecule has 3 aromatic rings. The zero-order valence-electron chi connectivity index (χ0n) is 18.3. The van der Waals surface area contributed by atoms with Gasteiger partial charge in [0.05, 0.1) is 6.04 Å². The summed E-state index contributed by atoms with van der Waals surface area (Å²) in [4.78, 5) is 38.9. The summed E-state index contributed by atoms with van der Waals surface area (Å²) in [5.74, 6) is -1.46. The maximum absolute atomic E-state index is 13.3. The van der Waals surface area contributed by atoms with Crippen LogP contribution in [0.25, 0.3) is 11.1 Å². The van der Waals surface area contributed by atoms with Crippen LogP contribution in [0, 0.1) is 5.82 Å². The normalized spacial score (nSPS) is 18.7. The molecule has 168 valence electrons. The van der Waals surface area contributed by atoms with Crippen molar-refractivity contribution in [2.45, 2.75) is 25.4 Å². The van der Waals surface area contributed by atoms with Crippen molar-refractivity contribution in [3.8, 4) is 11.1 Å². The second-order valence-corrected chi connectivity index (χ2v) is 8.23. The fourth-order valence-corrected chi connectivity index (χ4v) is 3.93. The minimum absolute atomic E-state index is 0.313. The summed E-state index contributed by atoms with van der Waals surface area (Å²) in [5.41, 5.74) is 2.15. The van der Waals surface area contributed by atoms with Gasteiger partial charge in [-0.25, -0.2) is 9.18 Å². The number of urea groups is 1. The third-order valence-corrected chi connectivity index (χ3v) is 5.89. The highest BCUT2D eigenvalue weighted by atomic mass is 19.1. The number of amides is 4. The van der Waals surface area contributed by atoms with E-state index in [1.54, 1.807) is 0 Å². The molecule has 33 heavy (non-hydrogen) atoms. The predicted octanol–water partition coefficient (Wildman–Crippen LogP) is 4.14. The summed E-state index contributed by atoms with van der Waals surface area (Å²) >= 11 is 0. The number of carbonyl (C=O) groups is 3. The van der Waals surface area contributed by atoms with Crippen molar-refractivity contribution >= 4 is 17.8 Å². The standard InChI is InChI=1S/C26H24FN3O3/c1-17(18-8-10-20(11-9-18)19-6-4-3-5-7-19)28-23(31)16-30-24(32)26(2,29-25(30)33)21-12-14-22(27)15-13-21/h3-15,17H,16H2,1-2H3,(H,28,31)(H,29,33)/t17-,26-/m1/s1. The van der Waals surface area contributed by atoms with Crippen LogP contribution in [-0.2, 0) is 15.1 Å². The molecule has 1 fully saturated rings. The second kappa shape index (κ2) is 8.86. The highest BCUT2D eigenvalue weighted by Crippen LogP contribution is 2.29. The number of hydrogen-bond acceptors (Lipinski definition) is 3. The SMILES string of the molecule is C[C@@H](NC(=O)CN1C(=O)N[C@](C)(c2ccc(F)cc2)C1=O)c1ccc(-c2ccccc2)cc1. The van der Waals surface area contributed by atoms with Gasteiger partial charge in [-0.05, 0) is 48.2 Å². The number of imide groups is 1. The Labute approximate surface area is 191 Å². The first-order valence-corrected chi connectivity index (χ1v) is 10.6. The monoisotopic (exact) mass is 445 g/mol. The van der Waals surface area contributed by atoms with Crippen molar-refractivity contribution in [2.24, 2.45) is 0 Å². The van der Waals surface area contributed by atoms with E-state index in [2.05, 4.69) is 10.6 Å². The molecule has 0 spiro atoms. The van der Waals surface area contributed by atoms with Crippen LogP contribution in [0.4, 0.5) is 9.18 Å². The van der Waals surface area contributed by atoms with E-state index in [1.165, 1.54) is 31.2 Å². The van der Waals surface area contributed by atoms with Gasteiger partial charge in [-0.3, -0.25) is 14.5 Å². The number of halogens is 1. The third kappa shape index (κ3) is 4.48. The first kappa shape index (κ1) is 22.2. The zero-order chi connectivity index (χ0) is 23.6. The van der Waals surface area contributed by atoms with E-state index in [4.69, 9.17) is 0 Å². The van der Waals surface area contributed by atoms with E-state index in [0.29, 0.717) is 5.56 Å². The van der Waals surface area contributed by atoms with Crippen molar-refractivity contribution in [1.29, 1.82) is 0 Å². The Bertz CT molecular complexity index is 1180. The molecule has 0 radical (unpaired) electrons. The average molecular weight is 445 g/mol. The first-order valence-electron chi connectivity index (χ1n) is 10.6. The van der Waals surface area contributed by atoms with E-state index in [9.17, 15) is 18.8 Å². The van der Waals surface area contributed by atoms with Crippen LogP contribution in [0.15, 0.2) is 78.9 Å². The van der Waals surface area contributed by atoms with Crippen molar-refractivity contribution < 1.29 is 18.8 Å². The fourth-order valence-electron chi connectivity index (χ4n) is 3.93. The van der Waals surface area contributed by atoms with E-state index in [-0.39, 0.29) is 6.04 Å². The maximum Gasteiger partial charge on any atom is 0.325 e. The topological polar surface area (TPSA) is 78.5 Å². The highest BCUT2D eigenvalue weighted by Gasteiger charge is 2.49. The lowest BCUT2D eigenvalue weighted by Gasteiger charge is -2.22. The molecular formula is C26H24FN3O3. The Morgan fingerprint density at radius 1 is 0.970 bits per heavy atom. The number of benzene rings is 3. The lowest BCUT2D eigenvalue weighted by Crippen LogP contribution is -2.43. The van der Waals surface area contributed by atoms with E-state index in [1.807, 2.05) is 61.5 Å². The summed E-state index contributed by atoms with van der Waals surface area (Å²) in [7, 11) is 0. The molecular weight excluding hydrogens is 421 g/mol. The molecule has 1 aliphatic heterocycles. The molecule has 1 heterocycles. The van der Waals surface area contributed by atoms with Crippen LogP contribution in [0.2, 0.25) is 0 Å². The first-order chi connectivity index (χ1) is 15.8. The smallest absolute Gasteiger partial charge is 0.325 e. The van der Waals surface area contributed by atoms with Gasteiger partial charge in [0.15, 0.2) is 0 Å². The second-order valence-electron chi connectivity index (χ2n) is 8.23. The van der Waals surface area contributed by atoms with Gasteiger partial charge in [0.2, 0.25) is 5.91 Å². The number of rotatable bonds is 6. The minimum Gasteiger partial charge on any atom is -0.348 e. The van der Waals surface area contributed by atoms with Gasteiger partial charge in [-0.2, -0.15) is 0 Å². The van der Waals surface area contributed by atoms with Crippen LogP contribution in [0.1, 0.15) is 31.0 Å². The molecule has 0 aromatic heterocycles. The molecule has 0 saturated carbocycles. The molecule has 2 N–H and O–H groups in total. The molecule has 4 amide bonds. The summed E-state index contributed by atoms with van der Waals surface area (Å²) < 4.78 is 13.3. The van der Waals surface area contributed by atoms with Gasteiger partial charge >= 0.3 is 6.03 Å². The minimum atomic E-state index is -1.36. The van der Waals surface area contributed by atoms with Gasteiger partial charge in [0, 0.05) is 0 Å². The largest absolute Gasteiger partial charge is 0.348 e. The lowest BCUT2D eigenvalue weighted by atomic mass is 9.92. The van der Waals surface area contributed by atoms with Gasteiger partial charge in [-0.1, -0.05) is 66.7 Å². The average Bonchev–Trinajstić information content (AvgIpc) is 3.04. The van der Waals surface area contributed by atoms with Gasteiger partial charge in [-0.15, -0.1) is 0 Å². The molecule has 0 bridgehead atoms. The fraction of sp³-hybridized carbons (Fsp3) is 0.192. The summed E-state index contributed by atoms with van der Waals surface area (Å²) in [5, 5.41) is 5.45. The predicted molar refractivity (Wildman–Crippen MR) is 122 cm³/mol. The lowest BCUT2D eigenvalue weighted by molar-refractivity contribution is -0.135. The van der Waals surface area contributed by atoms with Crippen LogP contribution < -0.4 is 10.6 Å². The van der Waals surface area contributed by atoms with Crippen molar-refractivity contribution in [3.63, 3.8) is 0 Å². The summed E-state index contributed by atoms with van der Waals surface area (Å²) in [6.07, 6.45) is 0. The van der Waals surface area contributed by atoms with E-state index in [0.717, 1.165) is 21.6 Å². The summed E-state index contributed by atoms with van der Waals surface area (Å²) in [6, 6.07) is 22.2. The van der Waals surface area contributed by atoms with Gasteiger partial charge < -0.3 is 10.6 Å². The molecule has 3 aromatic carbocycles. The molecule has 2 atom stereocenters. The highest BCUT2D eigenvalue weighted by molar-refractivity contribution is 6.09. The Morgan fingerprint density at radius 3 is 2.21 bits per heavy atom. The molecule has 6 nitrogen and oxygen atoms in total. The Balaban J connectivity index is 1.40. The van der Waals surface area contributed by atoms with Gasteiger partial charge in [0.1, 0.15) is 17.9 Å². The van der Waals surface area contributed by atoms with Crippen molar-refractivity contribution in [3.05, 3.63) is 95.8 Å². The van der Waals surface area contributed by atoms with Crippen molar-refractivity contribution in [1.82, 2.24) is 15.5 Å².